The molecule has 1 aromatic heterocycles. The van der Waals surface area contributed by atoms with Crippen molar-refractivity contribution in [2.75, 3.05) is 13.2 Å². The van der Waals surface area contributed by atoms with Gasteiger partial charge in [-0.15, -0.1) is 0 Å². The highest BCUT2D eigenvalue weighted by Gasteiger charge is 2.16. The Morgan fingerprint density at radius 1 is 1.29 bits per heavy atom. The predicted molar refractivity (Wildman–Crippen MR) is 67.9 cm³/mol. The quantitative estimate of drug-likeness (QED) is 0.872. The van der Waals surface area contributed by atoms with Crippen molar-refractivity contribution in [1.82, 2.24) is 10.3 Å². The maximum Gasteiger partial charge on any atom is 0.0705 e. The second-order valence-electron chi connectivity index (χ2n) is 4.59. The molecule has 3 nitrogen and oxygen atoms in total. The van der Waals surface area contributed by atoms with E-state index in [9.17, 15) is 0 Å². The minimum atomic E-state index is 0.529. The fraction of sp³-hybridized carbons (Fsp3) is 0.357. The van der Waals surface area contributed by atoms with Crippen LogP contribution in [0.1, 0.15) is 11.3 Å². The molecule has 1 aromatic carbocycles. The third kappa shape index (κ3) is 2.30. The van der Waals surface area contributed by atoms with Gasteiger partial charge in [-0.3, -0.25) is 4.98 Å². The van der Waals surface area contributed by atoms with E-state index in [0.717, 1.165) is 31.0 Å². The van der Waals surface area contributed by atoms with E-state index in [-0.39, 0.29) is 0 Å². The van der Waals surface area contributed by atoms with Gasteiger partial charge in [0.1, 0.15) is 0 Å². The van der Waals surface area contributed by atoms with Gasteiger partial charge in [0.25, 0.3) is 0 Å². The molecule has 0 radical (unpaired) electrons. The molecular weight excluding hydrogens is 212 g/mol. The summed E-state index contributed by atoms with van der Waals surface area (Å²) in [6.45, 7) is 4.60. The SMILES string of the molecule is Cc1ccc2cc(CNC3COC3)ccc2n1. The molecule has 0 bridgehead atoms. The van der Waals surface area contributed by atoms with E-state index in [1.54, 1.807) is 0 Å². The molecule has 1 fully saturated rings. The molecule has 17 heavy (non-hydrogen) atoms. The first-order chi connectivity index (χ1) is 8.31. The average molecular weight is 228 g/mol. The number of benzene rings is 1. The molecule has 0 atom stereocenters. The fourth-order valence-corrected chi connectivity index (χ4v) is 2.00. The molecule has 1 saturated heterocycles. The van der Waals surface area contributed by atoms with Crippen LogP contribution in [0.4, 0.5) is 0 Å². The summed E-state index contributed by atoms with van der Waals surface area (Å²) < 4.78 is 5.13. The first-order valence-electron chi connectivity index (χ1n) is 5.99. The third-order valence-electron chi connectivity index (χ3n) is 3.13. The number of nitrogens with zero attached hydrogens (tertiary/aromatic N) is 1. The number of nitrogens with one attached hydrogen (secondary N) is 1. The van der Waals surface area contributed by atoms with E-state index in [1.807, 2.05) is 6.92 Å². The molecule has 0 unspecified atom stereocenters. The Morgan fingerprint density at radius 2 is 2.18 bits per heavy atom. The highest BCUT2D eigenvalue weighted by molar-refractivity contribution is 5.79. The topological polar surface area (TPSA) is 34.1 Å². The molecule has 1 aliphatic rings. The van der Waals surface area contributed by atoms with E-state index in [2.05, 4.69) is 40.6 Å². The zero-order valence-electron chi connectivity index (χ0n) is 9.94. The second kappa shape index (κ2) is 4.43. The van der Waals surface area contributed by atoms with Gasteiger partial charge in [0.2, 0.25) is 0 Å². The van der Waals surface area contributed by atoms with Crippen molar-refractivity contribution < 1.29 is 4.74 Å². The molecule has 1 N–H and O–H groups in total. The monoisotopic (exact) mass is 228 g/mol. The van der Waals surface area contributed by atoms with Crippen LogP contribution in [0.5, 0.6) is 0 Å². The van der Waals surface area contributed by atoms with Crippen molar-refractivity contribution >= 4 is 10.9 Å². The Bertz CT molecular complexity index is 535. The summed E-state index contributed by atoms with van der Waals surface area (Å²) in [5, 5.41) is 4.67. The van der Waals surface area contributed by atoms with Crippen LogP contribution in [0.3, 0.4) is 0 Å². The summed E-state index contributed by atoms with van der Waals surface area (Å²) in [6.07, 6.45) is 0. The lowest BCUT2D eigenvalue weighted by Crippen LogP contribution is -2.45. The van der Waals surface area contributed by atoms with Gasteiger partial charge in [0.15, 0.2) is 0 Å². The van der Waals surface area contributed by atoms with Gasteiger partial charge in [-0.25, -0.2) is 0 Å². The Hall–Kier alpha value is -1.45. The van der Waals surface area contributed by atoms with E-state index < -0.39 is 0 Å². The average Bonchev–Trinajstić information content (AvgIpc) is 2.27. The lowest BCUT2D eigenvalue weighted by Gasteiger charge is -2.27. The summed E-state index contributed by atoms with van der Waals surface area (Å²) in [7, 11) is 0. The molecule has 0 saturated carbocycles. The number of aromatic nitrogens is 1. The summed E-state index contributed by atoms with van der Waals surface area (Å²) in [5.74, 6) is 0. The second-order valence-corrected chi connectivity index (χ2v) is 4.59. The Morgan fingerprint density at radius 3 is 2.94 bits per heavy atom. The van der Waals surface area contributed by atoms with E-state index in [1.165, 1.54) is 10.9 Å². The maximum absolute atomic E-state index is 5.13. The highest BCUT2D eigenvalue weighted by Crippen LogP contribution is 2.15. The first kappa shape index (κ1) is 10.7. The number of ether oxygens (including phenoxy) is 1. The van der Waals surface area contributed by atoms with Crippen molar-refractivity contribution in [3.05, 3.63) is 41.6 Å². The molecule has 88 valence electrons. The van der Waals surface area contributed by atoms with E-state index >= 15 is 0 Å². The fourth-order valence-electron chi connectivity index (χ4n) is 2.00. The standard InChI is InChI=1S/C14H16N2O/c1-10-2-4-12-6-11(3-5-14(12)16-10)7-15-13-8-17-9-13/h2-6,13,15H,7-9H2,1H3. The van der Waals surface area contributed by atoms with Crippen LogP contribution in [0.2, 0.25) is 0 Å². The van der Waals surface area contributed by atoms with Crippen LogP contribution >= 0.6 is 0 Å². The minimum Gasteiger partial charge on any atom is -0.378 e. The van der Waals surface area contributed by atoms with Crippen molar-refractivity contribution in [3.8, 4) is 0 Å². The van der Waals surface area contributed by atoms with Gasteiger partial charge < -0.3 is 10.1 Å². The molecule has 2 heterocycles. The third-order valence-corrected chi connectivity index (χ3v) is 3.13. The first-order valence-corrected chi connectivity index (χ1v) is 5.99. The summed E-state index contributed by atoms with van der Waals surface area (Å²) >= 11 is 0. The minimum absolute atomic E-state index is 0.529. The number of rotatable bonds is 3. The lowest BCUT2D eigenvalue weighted by molar-refractivity contribution is -0.00578. The lowest BCUT2D eigenvalue weighted by atomic mass is 10.1. The van der Waals surface area contributed by atoms with E-state index in [0.29, 0.717) is 6.04 Å². The molecule has 3 rings (SSSR count). The van der Waals surface area contributed by atoms with Crippen LogP contribution in [0.25, 0.3) is 10.9 Å². The van der Waals surface area contributed by atoms with Crippen molar-refractivity contribution in [2.24, 2.45) is 0 Å². The number of aryl methyl sites for hydroxylation is 1. The van der Waals surface area contributed by atoms with Gasteiger partial charge in [-0.1, -0.05) is 12.1 Å². The van der Waals surface area contributed by atoms with Crippen LogP contribution in [-0.2, 0) is 11.3 Å². The summed E-state index contributed by atoms with van der Waals surface area (Å²) in [6, 6.07) is 11.2. The van der Waals surface area contributed by atoms with Crippen molar-refractivity contribution in [3.63, 3.8) is 0 Å². The number of hydrogen-bond acceptors (Lipinski definition) is 3. The Labute approximate surface area is 101 Å². The van der Waals surface area contributed by atoms with Crippen LogP contribution in [0.15, 0.2) is 30.3 Å². The smallest absolute Gasteiger partial charge is 0.0705 e. The number of hydrogen-bond donors (Lipinski definition) is 1. The highest BCUT2D eigenvalue weighted by atomic mass is 16.5. The Balaban J connectivity index is 1.78. The zero-order chi connectivity index (χ0) is 11.7. The maximum atomic E-state index is 5.13. The summed E-state index contributed by atoms with van der Waals surface area (Å²) in [5.41, 5.74) is 3.44. The Kier molecular flexibility index (Phi) is 2.79. The molecule has 2 aromatic rings. The molecule has 0 aliphatic carbocycles. The van der Waals surface area contributed by atoms with E-state index in [4.69, 9.17) is 4.74 Å². The molecule has 0 spiro atoms. The number of pyridine rings is 1. The van der Waals surface area contributed by atoms with Gasteiger partial charge in [-0.05, 0) is 30.7 Å². The van der Waals surface area contributed by atoms with Gasteiger partial charge in [0, 0.05) is 17.6 Å². The molecule has 0 amide bonds. The van der Waals surface area contributed by atoms with Crippen LogP contribution in [0, 0.1) is 6.92 Å². The predicted octanol–water partition coefficient (Wildman–Crippen LogP) is 2.03. The zero-order valence-corrected chi connectivity index (χ0v) is 9.94. The molecule has 3 heteroatoms. The largest absolute Gasteiger partial charge is 0.378 e. The van der Waals surface area contributed by atoms with Gasteiger partial charge >= 0.3 is 0 Å². The molecular formula is C14H16N2O. The number of fused-ring (bicyclic) bond motifs is 1. The molecule has 1 aliphatic heterocycles. The van der Waals surface area contributed by atoms with Crippen molar-refractivity contribution in [1.29, 1.82) is 0 Å². The normalized spacial score (nSPS) is 16.1. The van der Waals surface area contributed by atoms with Gasteiger partial charge in [-0.2, -0.15) is 0 Å². The van der Waals surface area contributed by atoms with Crippen LogP contribution in [-0.4, -0.2) is 24.2 Å². The summed E-state index contributed by atoms with van der Waals surface area (Å²) in [4.78, 5) is 4.50. The van der Waals surface area contributed by atoms with Crippen molar-refractivity contribution in [2.45, 2.75) is 19.5 Å². The van der Waals surface area contributed by atoms with Gasteiger partial charge in [0.05, 0.1) is 24.8 Å². The van der Waals surface area contributed by atoms with Crippen LogP contribution < -0.4 is 5.32 Å².